The van der Waals surface area contributed by atoms with E-state index < -0.39 is 12.2 Å². The molecule has 1 heterocycles. The quantitative estimate of drug-likeness (QED) is 0.526. The molecule has 0 unspecified atom stereocenters. The Hall–Kier alpha value is -2.18. The van der Waals surface area contributed by atoms with Crippen molar-refractivity contribution in [2.75, 3.05) is 0 Å². The minimum absolute atomic E-state index is 0.172. The van der Waals surface area contributed by atoms with Gasteiger partial charge in [-0.3, -0.25) is 4.57 Å². The molecule has 0 aliphatic rings. The maximum Gasteiger partial charge on any atom is 0.333 e. The summed E-state index contributed by atoms with van der Waals surface area (Å²) in [5.74, 6) is 5.03. The lowest BCUT2D eigenvalue weighted by atomic mass is 10.2. The molecule has 102 valence electrons. The van der Waals surface area contributed by atoms with Crippen LogP contribution in [0.15, 0.2) is 28.1 Å². The lowest BCUT2D eigenvalue weighted by Crippen LogP contribution is -2.25. The van der Waals surface area contributed by atoms with Crippen LogP contribution in [0.25, 0.3) is 11.0 Å². The Bertz CT molecular complexity index is 685. The van der Waals surface area contributed by atoms with E-state index in [1.807, 2.05) is 0 Å². The summed E-state index contributed by atoms with van der Waals surface area (Å²) in [6.07, 6.45) is 1.34. The van der Waals surface area contributed by atoms with E-state index in [2.05, 4.69) is 5.10 Å². The summed E-state index contributed by atoms with van der Waals surface area (Å²) in [5, 5.41) is 3.34. The van der Waals surface area contributed by atoms with Gasteiger partial charge in [0.2, 0.25) is 0 Å². The molecule has 5 nitrogen and oxygen atoms in total. The number of alkyl halides is 2. The average Bonchev–Trinajstić information content (AvgIpc) is 2.60. The smallest absolute Gasteiger partial charge is 0.323 e. The van der Waals surface area contributed by atoms with Crippen molar-refractivity contribution in [3.05, 3.63) is 34.2 Å². The minimum Gasteiger partial charge on any atom is -0.323 e. The van der Waals surface area contributed by atoms with Gasteiger partial charge in [0.15, 0.2) is 0 Å². The second-order valence-electron chi connectivity index (χ2n) is 4.42. The molecule has 0 radical (unpaired) electrons. The molecular formula is C12H14F2N4O. The third kappa shape index (κ3) is 2.11. The Balaban J connectivity index is 2.86. The maximum atomic E-state index is 13.0. The van der Waals surface area contributed by atoms with Gasteiger partial charge in [-0.15, -0.1) is 0 Å². The highest BCUT2D eigenvalue weighted by molar-refractivity contribution is 5.87. The first-order valence-corrected chi connectivity index (χ1v) is 5.75. The summed E-state index contributed by atoms with van der Waals surface area (Å²) in [6.45, 7) is 0.651. The summed E-state index contributed by atoms with van der Waals surface area (Å²) in [4.78, 5) is 12.0. The standard InChI is InChI=1S/C12H14F2N4O/c1-7(2)17-9-4-3-8(6-16-15)5-10(9)18(11(13)14)12(17)19/h3-7,11H,15H2,1-2H3. The topological polar surface area (TPSA) is 65.3 Å². The first kappa shape index (κ1) is 13.3. The van der Waals surface area contributed by atoms with Gasteiger partial charge in [0.25, 0.3) is 0 Å². The van der Waals surface area contributed by atoms with Crippen molar-refractivity contribution in [2.45, 2.75) is 26.4 Å². The molecule has 7 heteroatoms. The van der Waals surface area contributed by atoms with Gasteiger partial charge in [0.05, 0.1) is 17.2 Å². The van der Waals surface area contributed by atoms with Crippen LogP contribution in [-0.2, 0) is 0 Å². The van der Waals surface area contributed by atoms with Crippen LogP contribution in [0, 0.1) is 0 Å². The molecule has 0 fully saturated rings. The van der Waals surface area contributed by atoms with Crippen molar-refractivity contribution < 1.29 is 8.78 Å². The fraction of sp³-hybridized carbons (Fsp3) is 0.333. The normalized spacial score (nSPS) is 12.3. The molecule has 0 atom stereocenters. The Morgan fingerprint density at radius 3 is 2.47 bits per heavy atom. The monoisotopic (exact) mass is 268 g/mol. The molecule has 0 saturated heterocycles. The van der Waals surface area contributed by atoms with Crippen molar-refractivity contribution in [3.8, 4) is 0 Å². The molecule has 2 aromatic rings. The molecular weight excluding hydrogens is 254 g/mol. The van der Waals surface area contributed by atoms with E-state index in [1.165, 1.54) is 16.8 Å². The van der Waals surface area contributed by atoms with Crippen LogP contribution in [0.4, 0.5) is 8.78 Å². The second kappa shape index (κ2) is 4.83. The van der Waals surface area contributed by atoms with E-state index in [1.54, 1.807) is 26.0 Å². The number of rotatable bonds is 3. The van der Waals surface area contributed by atoms with Crippen molar-refractivity contribution in [1.82, 2.24) is 9.13 Å². The Morgan fingerprint density at radius 1 is 1.26 bits per heavy atom. The highest BCUT2D eigenvalue weighted by atomic mass is 19.3. The van der Waals surface area contributed by atoms with E-state index in [4.69, 9.17) is 5.84 Å². The maximum absolute atomic E-state index is 13.0. The van der Waals surface area contributed by atoms with Crippen LogP contribution < -0.4 is 11.5 Å². The van der Waals surface area contributed by atoms with Crippen molar-refractivity contribution >= 4 is 17.2 Å². The Morgan fingerprint density at radius 2 is 1.95 bits per heavy atom. The molecule has 2 rings (SSSR count). The Kier molecular flexibility index (Phi) is 3.37. The average molecular weight is 268 g/mol. The molecule has 0 spiro atoms. The molecule has 0 bridgehead atoms. The van der Waals surface area contributed by atoms with E-state index >= 15 is 0 Å². The fourth-order valence-corrected chi connectivity index (χ4v) is 2.11. The number of hydrazone groups is 1. The summed E-state index contributed by atoms with van der Waals surface area (Å²) >= 11 is 0. The summed E-state index contributed by atoms with van der Waals surface area (Å²) in [6, 6.07) is 4.56. The summed E-state index contributed by atoms with van der Waals surface area (Å²) < 4.78 is 27.9. The first-order chi connectivity index (χ1) is 8.97. The van der Waals surface area contributed by atoms with Crippen LogP contribution in [0.3, 0.4) is 0 Å². The number of nitrogens with zero attached hydrogens (tertiary/aromatic N) is 3. The third-order valence-corrected chi connectivity index (χ3v) is 2.87. The van der Waals surface area contributed by atoms with Gasteiger partial charge in [-0.2, -0.15) is 13.9 Å². The predicted molar refractivity (Wildman–Crippen MR) is 69.6 cm³/mol. The zero-order valence-electron chi connectivity index (χ0n) is 10.5. The highest BCUT2D eigenvalue weighted by Gasteiger charge is 2.20. The number of aromatic nitrogens is 2. The van der Waals surface area contributed by atoms with E-state index in [0.29, 0.717) is 15.6 Å². The molecule has 1 aromatic heterocycles. The van der Waals surface area contributed by atoms with Gasteiger partial charge in [0.1, 0.15) is 0 Å². The SMILES string of the molecule is CC(C)n1c(=O)n(C(F)F)c2cc(C=NN)ccc21. The van der Waals surface area contributed by atoms with Crippen molar-refractivity contribution in [1.29, 1.82) is 0 Å². The zero-order valence-corrected chi connectivity index (χ0v) is 10.5. The number of imidazole rings is 1. The van der Waals surface area contributed by atoms with Gasteiger partial charge in [0, 0.05) is 6.04 Å². The van der Waals surface area contributed by atoms with Crippen LogP contribution in [0.5, 0.6) is 0 Å². The van der Waals surface area contributed by atoms with Crippen LogP contribution in [0.2, 0.25) is 0 Å². The van der Waals surface area contributed by atoms with Crippen molar-refractivity contribution in [3.63, 3.8) is 0 Å². The van der Waals surface area contributed by atoms with Crippen LogP contribution >= 0.6 is 0 Å². The van der Waals surface area contributed by atoms with E-state index in [-0.39, 0.29) is 11.6 Å². The number of nitrogens with two attached hydrogens (primary N) is 1. The van der Waals surface area contributed by atoms with Crippen LogP contribution in [-0.4, -0.2) is 15.3 Å². The predicted octanol–water partition coefficient (Wildman–Crippen LogP) is 2.07. The van der Waals surface area contributed by atoms with E-state index in [9.17, 15) is 13.6 Å². The number of benzene rings is 1. The van der Waals surface area contributed by atoms with E-state index in [0.717, 1.165) is 0 Å². The highest BCUT2D eigenvalue weighted by Crippen LogP contribution is 2.22. The van der Waals surface area contributed by atoms with Gasteiger partial charge >= 0.3 is 12.2 Å². The van der Waals surface area contributed by atoms with Gasteiger partial charge < -0.3 is 5.84 Å². The molecule has 19 heavy (non-hydrogen) atoms. The number of fused-ring (bicyclic) bond motifs is 1. The number of halogens is 2. The molecule has 0 aliphatic heterocycles. The fourth-order valence-electron chi connectivity index (χ4n) is 2.11. The summed E-state index contributed by atoms with van der Waals surface area (Å²) in [5.41, 5.74) is 0.479. The lowest BCUT2D eigenvalue weighted by molar-refractivity contribution is 0.0701. The van der Waals surface area contributed by atoms with Gasteiger partial charge in [-0.1, -0.05) is 6.07 Å². The first-order valence-electron chi connectivity index (χ1n) is 5.75. The zero-order chi connectivity index (χ0) is 14.2. The van der Waals surface area contributed by atoms with Crippen molar-refractivity contribution in [2.24, 2.45) is 10.9 Å². The Labute approximate surface area is 107 Å². The molecule has 2 N–H and O–H groups in total. The third-order valence-electron chi connectivity index (χ3n) is 2.87. The van der Waals surface area contributed by atoms with Crippen LogP contribution in [0.1, 0.15) is 32.0 Å². The molecule has 0 aliphatic carbocycles. The minimum atomic E-state index is -2.89. The molecule has 1 aromatic carbocycles. The van der Waals surface area contributed by atoms with Gasteiger partial charge in [-0.05, 0) is 31.5 Å². The lowest BCUT2D eigenvalue weighted by Gasteiger charge is -2.06. The second-order valence-corrected chi connectivity index (χ2v) is 4.42. The molecule has 0 amide bonds. The summed E-state index contributed by atoms with van der Waals surface area (Å²) in [7, 11) is 0. The molecule has 0 saturated carbocycles. The number of hydrogen-bond acceptors (Lipinski definition) is 3. The largest absolute Gasteiger partial charge is 0.333 e. The number of hydrogen-bond donors (Lipinski definition) is 1. The van der Waals surface area contributed by atoms with Gasteiger partial charge in [-0.25, -0.2) is 9.36 Å².